The average Bonchev–Trinajstić information content (AvgIpc) is 2.91. The Morgan fingerprint density at radius 2 is 2.19 bits per heavy atom. The molecule has 0 spiro atoms. The number of anilines is 2. The summed E-state index contributed by atoms with van der Waals surface area (Å²) in [5.41, 5.74) is 6.81. The van der Waals surface area contributed by atoms with E-state index in [2.05, 4.69) is 15.0 Å². The number of sulfonamides is 1. The Balaban J connectivity index is 2.10. The van der Waals surface area contributed by atoms with Crippen LogP contribution < -0.4 is 15.8 Å². The first-order valence-corrected chi connectivity index (χ1v) is 7.96. The molecule has 1 aromatic heterocycles. The molecular weight excluding hydrogens is 290 g/mol. The zero-order valence-corrected chi connectivity index (χ0v) is 12.8. The molecule has 2 rings (SSSR count). The summed E-state index contributed by atoms with van der Waals surface area (Å²) in [5.74, 6) is 0. The fourth-order valence-electron chi connectivity index (χ4n) is 2.03. The van der Waals surface area contributed by atoms with E-state index in [9.17, 15) is 8.42 Å². The van der Waals surface area contributed by atoms with Gasteiger partial charge in [-0.1, -0.05) is 0 Å². The van der Waals surface area contributed by atoms with Gasteiger partial charge in [-0.15, -0.1) is 0 Å². The first kappa shape index (κ1) is 15.3. The number of rotatable bonds is 6. The van der Waals surface area contributed by atoms with Crippen molar-refractivity contribution in [2.24, 2.45) is 0 Å². The molecule has 0 amide bonds. The van der Waals surface area contributed by atoms with Gasteiger partial charge in [0.15, 0.2) is 0 Å². The molecule has 1 atom stereocenters. The standard InChI is InChI=1S/C13H19N5O2S/c1-10(8-18-6-5-16-9-18)17-11-3-4-13(12(14)7-11)21(19,20)15-2/h3-7,9-10,15,17H,8,14H2,1-2H3. The lowest BCUT2D eigenvalue weighted by Crippen LogP contribution is -2.22. The quantitative estimate of drug-likeness (QED) is 0.687. The Labute approximate surface area is 124 Å². The van der Waals surface area contributed by atoms with E-state index in [0.29, 0.717) is 0 Å². The largest absolute Gasteiger partial charge is 0.398 e. The van der Waals surface area contributed by atoms with Crippen LogP contribution in [0.2, 0.25) is 0 Å². The minimum Gasteiger partial charge on any atom is -0.398 e. The van der Waals surface area contributed by atoms with Crippen LogP contribution in [-0.2, 0) is 16.6 Å². The van der Waals surface area contributed by atoms with Crippen molar-refractivity contribution in [2.75, 3.05) is 18.1 Å². The van der Waals surface area contributed by atoms with Gasteiger partial charge in [0, 0.05) is 30.7 Å². The summed E-state index contributed by atoms with van der Waals surface area (Å²) < 4.78 is 27.7. The number of nitrogens with zero attached hydrogens (tertiary/aromatic N) is 2. The zero-order valence-electron chi connectivity index (χ0n) is 11.9. The SMILES string of the molecule is CNS(=O)(=O)c1ccc(NC(C)Cn2ccnc2)cc1N. The van der Waals surface area contributed by atoms with E-state index in [1.807, 2.05) is 17.7 Å². The van der Waals surface area contributed by atoms with Gasteiger partial charge in [0.1, 0.15) is 4.90 Å². The van der Waals surface area contributed by atoms with Crippen molar-refractivity contribution < 1.29 is 8.42 Å². The number of imidazole rings is 1. The second-order valence-electron chi connectivity index (χ2n) is 4.77. The van der Waals surface area contributed by atoms with E-state index in [-0.39, 0.29) is 16.6 Å². The highest BCUT2D eigenvalue weighted by atomic mass is 32.2. The first-order valence-electron chi connectivity index (χ1n) is 6.47. The van der Waals surface area contributed by atoms with Gasteiger partial charge < -0.3 is 15.6 Å². The van der Waals surface area contributed by atoms with Gasteiger partial charge in [-0.2, -0.15) is 0 Å². The molecule has 0 fully saturated rings. The topological polar surface area (TPSA) is 102 Å². The number of benzene rings is 1. The molecule has 0 radical (unpaired) electrons. The van der Waals surface area contributed by atoms with Crippen molar-refractivity contribution in [3.05, 3.63) is 36.9 Å². The van der Waals surface area contributed by atoms with Crippen LogP contribution >= 0.6 is 0 Å². The van der Waals surface area contributed by atoms with E-state index in [1.165, 1.54) is 13.1 Å². The maximum absolute atomic E-state index is 11.7. The fourth-order valence-corrected chi connectivity index (χ4v) is 2.87. The van der Waals surface area contributed by atoms with Crippen molar-refractivity contribution >= 4 is 21.4 Å². The lowest BCUT2D eigenvalue weighted by molar-refractivity contribution is 0.588. The lowest BCUT2D eigenvalue weighted by Gasteiger charge is -2.17. The van der Waals surface area contributed by atoms with E-state index in [4.69, 9.17) is 5.73 Å². The Hall–Kier alpha value is -2.06. The van der Waals surface area contributed by atoms with Gasteiger partial charge in [0.25, 0.3) is 0 Å². The Morgan fingerprint density at radius 1 is 1.43 bits per heavy atom. The Morgan fingerprint density at radius 3 is 2.76 bits per heavy atom. The van der Waals surface area contributed by atoms with Crippen molar-refractivity contribution in [3.8, 4) is 0 Å². The third-order valence-electron chi connectivity index (χ3n) is 3.02. The molecule has 1 aromatic carbocycles. The highest BCUT2D eigenvalue weighted by Crippen LogP contribution is 2.22. The molecule has 0 aliphatic carbocycles. The number of hydrogen-bond acceptors (Lipinski definition) is 5. The Bertz CT molecular complexity index is 697. The summed E-state index contributed by atoms with van der Waals surface area (Å²) in [6.07, 6.45) is 5.35. The highest BCUT2D eigenvalue weighted by Gasteiger charge is 2.15. The molecule has 21 heavy (non-hydrogen) atoms. The van der Waals surface area contributed by atoms with Crippen LogP contribution in [0.25, 0.3) is 0 Å². The zero-order chi connectivity index (χ0) is 15.5. The summed E-state index contributed by atoms with van der Waals surface area (Å²) in [6.45, 7) is 2.77. The summed E-state index contributed by atoms with van der Waals surface area (Å²) in [7, 11) is -2.17. The maximum Gasteiger partial charge on any atom is 0.242 e. The molecule has 0 aliphatic rings. The molecule has 0 bridgehead atoms. The van der Waals surface area contributed by atoms with Crippen molar-refractivity contribution in [3.63, 3.8) is 0 Å². The minimum atomic E-state index is -3.53. The summed E-state index contributed by atoms with van der Waals surface area (Å²) in [5, 5.41) is 3.27. The monoisotopic (exact) mass is 309 g/mol. The molecule has 0 saturated carbocycles. The molecule has 1 heterocycles. The van der Waals surface area contributed by atoms with Gasteiger partial charge in [-0.05, 0) is 32.2 Å². The first-order chi connectivity index (χ1) is 9.92. The van der Waals surface area contributed by atoms with Gasteiger partial charge in [-0.25, -0.2) is 18.1 Å². The van der Waals surface area contributed by atoms with Crippen LogP contribution in [0.1, 0.15) is 6.92 Å². The maximum atomic E-state index is 11.7. The summed E-state index contributed by atoms with van der Waals surface area (Å²) in [4.78, 5) is 4.07. The number of aromatic nitrogens is 2. The van der Waals surface area contributed by atoms with Gasteiger partial charge in [0.2, 0.25) is 10.0 Å². The smallest absolute Gasteiger partial charge is 0.242 e. The van der Waals surface area contributed by atoms with Crippen molar-refractivity contribution in [1.82, 2.24) is 14.3 Å². The third kappa shape index (κ3) is 3.73. The molecule has 114 valence electrons. The van der Waals surface area contributed by atoms with Crippen LogP contribution in [0.4, 0.5) is 11.4 Å². The molecule has 0 aliphatic heterocycles. The van der Waals surface area contributed by atoms with Crippen LogP contribution in [0.3, 0.4) is 0 Å². The predicted octanol–water partition coefficient (Wildman–Crippen LogP) is 0.874. The average molecular weight is 309 g/mol. The van der Waals surface area contributed by atoms with E-state index in [1.54, 1.807) is 24.7 Å². The van der Waals surface area contributed by atoms with E-state index >= 15 is 0 Å². The van der Waals surface area contributed by atoms with Gasteiger partial charge >= 0.3 is 0 Å². The van der Waals surface area contributed by atoms with Crippen LogP contribution in [0.15, 0.2) is 41.8 Å². The lowest BCUT2D eigenvalue weighted by atomic mass is 10.2. The van der Waals surface area contributed by atoms with E-state index < -0.39 is 10.0 Å². The molecule has 8 heteroatoms. The van der Waals surface area contributed by atoms with Crippen molar-refractivity contribution in [2.45, 2.75) is 24.4 Å². The van der Waals surface area contributed by atoms with Crippen LogP contribution in [0, 0.1) is 0 Å². The molecular formula is C13H19N5O2S. The summed E-state index contributed by atoms with van der Waals surface area (Å²) >= 11 is 0. The highest BCUT2D eigenvalue weighted by molar-refractivity contribution is 7.89. The molecule has 4 N–H and O–H groups in total. The van der Waals surface area contributed by atoms with Gasteiger partial charge in [-0.3, -0.25) is 0 Å². The fraction of sp³-hybridized carbons (Fsp3) is 0.308. The van der Waals surface area contributed by atoms with Crippen molar-refractivity contribution in [1.29, 1.82) is 0 Å². The molecule has 7 nitrogen and oxygen atoms in total. The van der Waals surface area contributed by atoms with E-state index in [0.717, 1.165) is 12.2 Å². The number of nitrogens with one attached hydrogen (secondary N) is 2. The normalized spacial score (nSPS) is 13.0. The second-order valence-corrected chi connectivity index (χ2v) is 6.62. The number of nitrogen functional groups attached to an aromatic ring is 1. The van der Waals surface area contributed by atoms with Crippen LogP contribution in [0.5, 0.6) is 0 Å². The Kier molecular flexibility index (Phi) is 4.49. The predicted molar refractivity (Wildman–Crippen MR) is 82.4 cm³/mol. The second kappa shape index (κ2) is 6.15. The third-order valence-corrected chi connectivity index (χ3v) is 4.51. The molecule has 1 unspecified atom stereocenters. The van der Waals surface area contributed by atoms with Crippen LogP contribution in [-0.4, -0.2) is 31.1 Å². The molecule has 2 aromatic rings. The number of hydrogen-bond donors (Lipinski definition) is 3. The van der Waals surface area contributed by atoms with Gasteiger partial charge in [0.05, 0.1) is 12.0 Å². The molecule has 0 saturated heterocycles. The summed E-state index contributed by atoms with van der Waals surface area (Å²) in [6, 6.07) is 4.96. The minimum absolute atomic E-state index is 0.0813. The number of nitrogens with two attached hydrogens (primary N) is 1.